The van der Waals surface area contributed by atoms with Crippen LogP contribution in [0.1, 0.15) is 149 Å². The Labute approximate surface area is 293 Å². The highest BCUT2D eigenvalue weighted by molar-refractivity contribution is 5.70. The number of quaternary nitrogens is 1. The first kappa shape index (κ1) is 45.6. The van der Waals surface area contributed by atoms with E-state index in [0.29, 0.717) is 12.8 Å². The van der Waals surface area contributed by atoms with Crippen molar-refractivity contribution < 1.29 is 38.2 Å². The summed E-state index contributed by atoms with van der Waals surface area (Å²) in [5.41, 5.74) is 0. The molecule has 0 aliphatic rings. The average molecular weight is 678 g/mol. The van der Waals surface area contributed by atoms with E-state index >= 15 is 0 Å². The monoisotopic (exact) mass is 678 g/mol. The molecular weight excluding hydrogens is 606 g/mol. The second kappa shape index (κ2) is 31.8. The third-order valence-electron chi connectivity index (χ3n) is 8.28. The van der Waals surface area contributed by atoms with Crippen LogP contribution in [0.25, 0.3) is 0 Å². The number of carboxylic acid groups (broad SMARTS) is 1. The second-order valence-electron chi connectivity index (χ2n) is 13.8. The van der Waals surface area contributed by atoms with Crippen LogP contribution in [0, 0.1) is 0 Å². The minimum atomic E-state index is -1.13. The smallest absolute Gasteiger partial charge is 0.306 e. The Morgan fingerprint density at radius 1 is 0.625 bits per heavy atom. The van der Waals surface area contributed by atoms with Crippen molar-refractivity contribution in [3.8, 4) is 0 Å². The van der Waals surface area contributed by atoms with Gasteiger partial charge in [-0.1, -0.05) is 121 Å². The highest BCUT2D eigenvalue weighted by Crippen LogP contribution is 2.12. The van der Waals surface area contributed by atoms with Crippen LogP contribution >= 0.6 is 0 Å². The lowest BCUT2D eigenvalue weighted by Crippen LogP contribution is -2.55. The number of nitrogens with zero attached hydrogens (tertiary/aromatic N) is 1. The van der Waals surface area contributed by atoms with Crippen LogP contribution in [0.15, 0.2) is 36.5 Å². The number of unbranched alkanes of at least 4 members (excludes halogenated alkanes) is 13. The first-order valence-electron chi connectivity index (χ1n) is 19.0. The molecule has 0 aromatic carbocycles. The van der Waals surface area contributed by atoms with Gasteiger partial charge in [-0.2, -0.15) is 0 Å². The molecular formula is C40H71NO7. The van der Waals surface area contributed by atoms with Crippen LogP contribution in [0.3, 0.4) is 0 Å². The number of ether oxygens (including phenoxy) is 3. The molecule has 0 aliphatic carbocycles. The SMILES string of the molecule is CCCCCCCC/C=C/C/C=C/C/C=C/CCCC(=O)OC(COCCC(C(=O)[O-])[N+](C)(C)C)COC(=O)CCCCCCCCC. The quantitative estimate of drug-likeness (QED) is 0.0299. The summed E-state index contributed by atoms with van der Waals surface area (Å²) >= 11 is 0. The van der Waals surface area contributed by atoms with E-state index < -0.39 is 18.1 Å². The van der Waals surface area contributed by atoms with Crippen LogP contribution in [-0.2, 0) is 28.6 Å². The Balaban J connectivity index is 4.47. The maximum atomic E-state index is 12.6. The van der Waals surface area contributed by atoms with Gasteiger partial charge in [-0.3, -0.25) is 9.59 Å². The molecule has 8 nitrogen and oxygen atoms in total. The molecule has 0 saturated heterocycles. The van der Waals surface area contributed by atoms with E-state index in [-0.39, 0.29) is 49.1 Å². The van der Waals surface area contributed by atoms with Crippen molar-refractivity contribution in [3.63, 3.8) is 0 Å². The molecule has 48 heavy (non-hydrogen) atoms. The van der Waals surface area contributed by atoms with Gasteiger partial charge in [0.05, 0.1) is 40.3 Å². The van der Waals surface area contributed by atoms with Crippen LogP contribution in [0.2, 0.25) is 0 Å². The number of rotatable bonds is 33. The number of hydrogen-bond acceptors (Lipinski definition) is 7. The number of carboxylic acids is 1. The van der Waals surface area contributed by atoms with Gasteiger partial charge in [-0.15, -0.1) is 0 Å². The van der Waals surface area contributed by atoms with Crippen LogP contribution < -0.4 is 5.11 Å². The van der Waals surface area contributed by atoms with Crippen molar-refractivity contribution >= 4 is 17.9 Å². The standard InChI is InChI=1S/C40H71NO7/c1-6-8-10-12-14-15-16-17-18-19-20-21-22-23-25-27-29-31-39(43)48-36(34-46-33-32-37(40(44)45)41(3,4)5)35-47-38(42)30-28-26-24-13-11-9-7-2/h17-18,20-21,23,25,36-37H,6-16,19,22,24,26-35H2,1-5H3/b18-17+,21-20+,25-23+. The van der Waals surface area contributed by atoms with Gasteiger partial charge in [-0.05, 0) is 44.9 Å². The van der Waals surface area contributed by atoms with E-state index in [9.17, 15) is 19.5 Å². The lowest BCUT2D eigenvalue weighted by Gasteiger charge is -2.34. The number of likely N-dealkylation sites (N-methyl/N-ethyl adjacent to an activating group) is 1. The number of aliphatic carboxylic acids is 1. The molecule has 0 saturated carbocycles. The van der Waals surface area contributed by atoms with Crippen LogP contribution in [0.5, 0.6) is 0 Å². The van der Waals surface area contributed by atoms with Gasteiger partial charge < -0.3 is 28.6 Å². The summed E-state index contributed by atoms with van der Waals surface area (Å²) in [5.74, 6) is -1.81. The molecule has 0 aliphatic heterocycles. The van der Waals surface area contributed by atoms with Crippen LogP contribution in [-0.4, -0.2) is 75.5 Å². The fourth-order valence-electron chi connectivity index (χ4n) is 5.26. The summed E-state index contributed by atoms with van der Waals surface area (Å²) in [5, 5.41) is 11.5. The predicted octanol–water partition coefficient (Wildman–Crippen LogP) is 8.18. The van der Waals surface area contributed by atoms with Gasteiger partial charge in [0.1, 0.15) is 12.6 Å². The van der Waals surface area contributed by atoms with Gasteiger partial charge in [0, 0.05) is 19.3 Å². The average Bonchev–Trinajstić information content (AvgIpc) is 3.03. The Morgan fingerprint density at radius 3 is 1.69 bits per heavy atom. The molecule has 0 fully saturated rings. The summed E-state index contributed by atoms with van der Waals surface area (Å²) in [6, 6.07) is -0.731. The van der Waals surface area contributed by atoms with Crippen molar-refractivity contribution in [2.24, 2.45) is 0 Å². The summed E-state index contributed by atoms with van der Waals surface area (Å²) in [6.45, 7) is 4.53. The van der Waals surface area contributed by atoms with Crippen LogP contribution in [0.4, 0.5) is 0 Å². The first-order chi connectivity index (χ1) is 23.1. The molecule has 0 N–H and O–H groups in total. The Morgan fingerprint density at radius 2 is 1.12 bits per heavy atom. The van der Waals surface area contributed by atoms with E-state index in [1.54, 1.807) is 21.1 Å². The van der Waals surface area contributed by atoms with Crippen molar-refractivity contribution in [1.82, 2.24) is 0 Å². The summed E-state index contributed by atoms with van der Waals surface area (Å²) in [4.78, 5) is 36.5. The van der Waals surface area contributed by atoms with Gasteiger partial charge in [-0.25, -0.2) is 0 Å². The zero-order valence-electron chi connectivity index (χ0n) is 31.4. The zero-order chi connectivity index (χ0) is 35.7. The Kier molecular flexibility index (Phi) is 30.2. The van der Waals surface area contributed by atoms with E-state index in [1.807, 2.05) is 0 Å². The molecule has 0 radical (unpaired) electrons. The number of carbonyl (C=O) groups is 3. The molecule has 0 aromatic rings. The molecule has 2 atom stereocenters. The third-order valence-corrected chi connectivity index (χ3v) is 8.28. The first-order valence-corrected chi connectivity index (χ1v) is 19.0. The van der Waals surface area contributed by atoms with E-state index in [1.165, 1.54) is 70.6 Å². The lowest BCUT2D eigenvalue weighted by atomic mass is 10.1. The Hall–Kier alpha value is -2.45. The fraction of sp³-hybridized carbons (Fsp3) is 0.775. The molecule has 0 heterocycles. The Bertz CT molecular complexity index is 891. The molecule has 8 heteroatoms. The van der Waals surface area contributed by atoms with Crippen molar-refractivity contribution in [3.05, 3.63) is 36.5 Å². The minimum Gasteiger partial charge on any atom is -0.544 e. The topological polar surface area (TPSA) is 102 Å². The minimum absolute atomic E-state index is 0.0217. The largest absolute Gasteiger partial charge is 0.544 e. The third kappa shape index (κ3) is 29.7. The summed E-state index contributed by atoms with van der Waals surface area (Å²) < 4.78 is 17.0. The van der Waals surface area contributed by atoms with E-state index in [0.717, 1.165) is 38.5 Å². The molecule has 0 amide bonds. The zero-order valence-corrected chi connectivity index (χ0v) is 31.4. The number of esters is 2. The molecule has 278 valence electrons. The highest BCUT2D eigenvalue weighted by atomic mass is 16.6. The van der Waals surface area contributed by atoms with E-state index in [2.05, 4.69) is 50.3 Å². The van der Waals surface area contributed by atoms with Crippen molar-refractivity contribution in [2.75, 3.05) is 41.0 Å². The fourth-order valence-corrected chi connectivity index (χ4v) is 5.26. The van der Waals surface area contributed by atoms with Crippen molar-refractivity contribution in [1.29, 1.82) is 0 Å². The summed E-state index contributed by atoms with van der Waals surface area (Å²) in [7, 11) is 5.37. The highest BCUT2D eigenvalue weighted by Gasteiger charge is 2.25. The van der Waals surface area contributed by atoms with Gasteiger partial charge in [0.25, 0.3) is 0 Å². The molecule has 0 spiro atoms. The molecule has 0 aromatic heterocycles. The van der Waals surface area contributed by atoms with Crippen molar-refractivity contribution in [2.45, 2.75) is 161 Å². The number of allylic oxidation sites excluding steroid dienone is 6. The van der Waals surface area contributed by atoms with Gasteiger partial charge in [0.15, 0.2) is 6.10 Å². The summed E-state index contributed by atoms with van der Waals surface area (Å²) in [6.07, 6.45) is 33.3. The predicted molar refractivity (Wildman–Crippen MR) is 194 cm³/mol. The number of hydrogen-bond donors (Lipinski definition) is 0. The maximum Gasteiger partial charge on any atom is 0.306 e. The molecule has 0 rings (SSSR count). The molecule has 2 unspecified atom stereocenters. The second-order valence-corrected chi connectivity index (χ2v) is 13.8. The lowest BCUT2D eigenvalue weighted by molar-refractivity contribution is -0.889. The maximum absolute atomic E-state index is 12.6. The van der Waals surface area contributed by atoms with Gasteiger partial charge >= 0.3 is 11.9 Å². The normalized spacial score (nSPS) is 13.4. The molecule has 0 bridgehead atoms. The number of carbonyl (C=O) groups excluding carboxylic acids is 3. The van der Waals surface area contributed by atoms with Gasteiger partial charge in [0.2, 0.25) is 0 Å². The van der Waals surface area contributed by atoms with E-state index in [4.69, 9.17) is 14.2 Å².